The summed E-state index contributed by atoms with van der Waals surface area (Å²) in [5.74, 6) is 0.207. The number of ether oxygens (including phenoxy) is 1. The molecule has 5 nitrogen and oxygen atoms in total. The van der Waals surface area contributed by atoms with Crippen LogP contribution in [0.5, 0.6) is 5.75 Å². The molecular weight excluding hydrogens is 256 g/mol. The van der Waals surface area contributed by atoms with E-state index in [1.54, 1.807) is 12.3 Å². The van der Waals surface area contributed by atoms with Gasteiger partial charge in [-0.1, -0.05) is 34.6 Å². The zero-order valence-corrected chi connectivity index (χ0v) is 13.1. The summed E-state index contributed by atoms with van der Waals surface area (Å²) in [6.07, 6.45) is 2.48. The molecule has 1 amide bonds. The average molecular weight is 282 g/mol. The fourth-order valence-corrected chi connectivity index (χ4v) is 1.63. The van der Waals surface area contributed by atoms with Gasteiger partial charge < -0.3 is 9.84 Å². The molecule has 1 fully saturated rings. The van der Waals surface area contributed by atoms with Crippen molar-refractivity contribution in [3.8, 4) is 5.75 Å². The molecule has 0 saturated carbocycles. The van der Waals surface area contributed by atoms with Crippen LogP contribution in [0.2, 0.25) is 0 Å². The van der Waals surface area contributed by atoms with Gasteiger partial charge in [-0.3, -0.25) is 9.69 Å². The average Bonchev–Trinajstić information content (AvgIpc) is 2.52. The van der Waals surface area contributed by atoms with E-state index in [1.807, 2.05) is 34.6 Å². The number of morpholine rings is 1. The summed E-state index contributed by atoms with van der Waals surface area (Å²) in [6.45, 7) is 10.9. The van der Waals surface area contributed by atoms with Gasteiger partial charge in [-0.25, -0.2) is 4.98 Å². The highest BCUT2D eigenvalue weighted by atomic mass is 16.5. The third-order valence-corrected chi connectivity index (χ3v) is 2.55. The second kappa shape index (κ2) is 10.2. The molecule has 0 spiro atoms. The summed E-state index contributed by atoms with van der Waals surface area (Å²) < 4.78 is 5.02. The number of aromatic hydroxyl groups is 1. The first kappa shape index (κ1) is 18.4. The predicted molar refractivity (Wildman–Crippen MR) is 81.1 cm³/mol. The predicted octanol–water partition coefficient (Wildman–Crippen LogP) is 2.77. The van der Waals surface area contributed by atoms with Gasteiger partial charge >= 0.3 is 0 Å². The molecule has 5 heteroatoms. The second-order valence-corrected chi connectivity index (χ2v) is 3.64. The summed E-state index contributed by atoms with van der Waals surface area (Å²) in [7, 11) is 0. The van der Waals surface area contributed by atoms with Crippen LogP contribution in [-0.4, -0.2) is 35.8 Å². The zero-order chi connectivity index (χ0) is 15.5. The van der Waals surface area contributed by atoms with Crippen LogP contribution in [0.4, 0.5) is 5.82 Å². The molecule has 1 aromatic rings. The molecular formula is C15H26N2O3. The number of hydrogen-bond acceptors (Lipinski definition) is 4. The Hall–Kier alpha value is -1.62. The highest BCUT2D eigenvalue weighted by Crippen LogP contribution is 2.26. The fraction of sp³-hybridized carbons (Fsp3) is 0.600. The molecule has 20 heavy (non-hydrogen) atoms. The van der Waals surface area contributed by atoms with E-state index in [-0.39, 0.29) is 18.3 Å². The lowest BCUT2D eigenvalue weighted by atomic mass is 10.2. The minimum absolute atomic E-state index is 0.0506. The number of carbonyl (C=O) groups excluding carboxylic acids is 1. The number of nitrogens with zero attached hydrogens (tertiary/aromatic N) is 2. The summed E-state index contributed by atoms with van der Waals surface area (Å²) in [5.41, 5.74) is 0.946. The SMILES string of the molecule is CC.CC.CCc1cnc(N2CCOCC2=O)c(O)c1. The van der Waals surface area contributed by atoms with Gasteiger partial charge in [-0.2, -0.15) is 0 Å². The largest absolute Gasteiger partial charge is 0.504 e. The molecule has 2 rings (SSSR count). The van der Waals surface area contributed by atoms with Gasteiger partial charge in [0.05, 0.1) is 13.2 Å². The Balaban J connectivity index is 0.000000829. The lowest BCUT2D eigenvalue weighted by Gasteiger charge is -2.26. The van der Waals surface area contributed by atoms with Gasteiger partial charge in [0.1, 0.15) is 6.61 Å². The molecule has 0 radical (unpaired) electrons. The Morgan fingerprint density at radius 3 is 2.50 bits per heavy atom. The van der Waals surface area contributed by atoms with E-state index in [4.69, 9.17) is 4.74 Å². The first-order chi connectivity index (χ1) is 9.72. The Labute approximate surface area is 121 Å². The van der Waals surface area contributed by atoms with Gasteiger partial charge in [-0.05, 0) is 18.1 Å². The van der Waals surface area contributed by atoms with Crippen molar-refractivity contribution in [1.82, 2.24) is 4.98 Å². The van der Waals surface area contributed by atoms with E-state index >= 15 is 0 Å². The molecule has 114 valence electrons. The van der Waals surface area contributed by atoms with E-state index in [0.717, 1.165) is 12.0 Å². The maximum absolute atomic E-state index is 11.6. The Bertz CT molecular complexity index is 408. The van der Waals surface area contributed by atoms with E-state index in [1.165, 1.54) is 4.90 Å². The molecule has 1 aromatic heterocycles. The minimum atomic E-state index is -0.168. The Kier molecular flexibility index (Phi) is 9.38. The van der Waals surface area contributed by atoms with Crippen LogP contribution >= 0.6 is 0 Å². The van der Waals surface area contributed by atoms with Crippen LogP contribution in [0, 0.1) is 0 Å². The van der Waals surface area contributed by atoms with Crippen molar-refractivity contribution in [2.45, 2.75) is 41.0 Å². The smallest absolute Gasteiger partial charge is 0.254 e. The molecule has 1 aliphatic rings. The van der Waals surface area contributed by atoms with E-state index in [9.17, 15) is 9.90 Å². The highest BCUT2D eigenvalue weighted by molar-refractivity contribution is 5.95. The standard InChI is InChI=1S/C11H14N2O3.2C2H6/c1-2-8-5-9(14)11(12-6-8)13-3-4-16-7-10(13)15;2*1-2/h5-6,14H,2-4,7H2,1H3;2*1-2H3. The third kappa shape index (κ3) is 4.81. The Morgan fingerprint density at radius 2 is 2.00 bits per heavy atom. The van der Waals surface area contributed by atoms with Crippen LogP contribution in [0.3, 0.4) is 0 Å². The van der Waals surface area contributed by atoms with Crippen LogP contribution in [-0.2, 0) is 16.0 Å². The first-order valence-electron chi connectivity index (χ1n) is 7.28. The normalized spacial score (nSPS) is 13.8. The fourth-order valence-electron chi connectivity index (χ4n) is 1.63. The first-order valence-corrected chi connectivity index (χ1v) is 7.28. The maximum atomic E-state index is 11.6. The molecule has 0 bridgehead atoms. The molecule has 1 aliphatic heterocycles. The number of anilines is 1. The van der Waals surface area contributed by atoms with Crippen molar-refractivity contribution in [3.05, 3.63) is 17.8 Å². The number of pyridine rings is 1. The monoisotopic (exact) mass is 282 g/mol. The molecule has 2 heterocycles. The van der Waals surface area contributed by atoms with E-state index < -0.39 is 0 Å². The summed E-state index contributed by atoms with van der Waals surface area (Å²) >= 11 is 0. The van der Waals surface area contributed by atoms with Crippen LogP contribution in [0.15, 0.2) is 12.3 Å². The van der Waals surface area contributed by atoms with Crippen molar-refractivity contribution >= 4 is 11.7 Å². The van der Waals surface area contributed by atoms with Crippen molar-refractivity contribution < 1.29 is 14.6 Å². The lowest BCUT2D eigenvalue weighted by molar-refractivity contribution is -0.125. The van der Waals surface area contributed by atoms with Crippen molar-refractivity contribution in [2.24, 2.45) is 0 Å². The van der Waals surface area contributed by atoms with Crippen molar-refractivity contribution in [2.75, 3.05) is 24.7 Å². The second-order valence-electron chi connectivity index (χ2n) is 3.64. The number of carbonyl (C=O) groups is 1. The van der Waals surface area contributed by atoms with Gasteiger partial charge in [0, 0.05) is 6.20 Å². The molecule has 0 atom stereocenters. The Morgan fingerprint density at radius 1 is 1.35 bits per heavy atom. The van der Waals surface area contributed by atoms with Crippen LogP contribution in [0.25, 0.3) is 0 Å². The third-order valence-electron chi connectivity index (χ3n) is 2.55. The molecule has 0 unspecified atom stereocenters. The summed E-state index contributed by atoms with van der Waals surface area (Å²) in [5, 5.41) is 9.80. The molecule has 1 saturated heterocycles. The molecule has 1 N–H and O–H groups in total. The van der Waals surface area contributed by atoms with Gasteiger partial charge in [-0.15, -0.1) is 0 Å². The summed E-state index contributed by atoms with van der Waals surface area (Å²) in [6, 6.07) is 1.64. The number of rotatable bonds is 2. The van der Waals surface area contributed by atoms with Gasteiger partial charge in [0.25, 0.3) is 5.91 Å². The highest BCUT2D eigenvalue weighted by Gasteiger charge is 2.23. The summed E-state index contributed by atoms with van der Waals surface area (Å²) in [4.78, 5) is 17.1. The lowest BCUT2D eigenvalue weighted by Crippen LogP contribution is -2.42. The van der Waals surface area contributed by atoms with Crippen molar-refractivity contribution in [1.29, 1.82) is 0 Å². The number of aromatic nitrogens is 1. The van der Waals surface area contributed by atoms with Gasteiger partial charge in [0.15, 0.2) is 11.6 Å². The van der Waals surface area contributed by atoms with Crippen LogP contribution in [0.1, 0.15) is 40.2 Å². The molecule has 0 aromatic carbocycles. The maximum Gasteiger partial charge on any atom is 0.254 e. The topological polar surface area (TPSA) is 62.7 Å². The van der Waals surface area contributed by atoms with E-state index in [2.05, 4.69) is 4.98 Å². The zero-order valence-electron chi connectivity index (χ0n) is 13.1. The van der Waals surface area contributed by atoms with E-state index in [0.29, 0.717) is 19.0 Å². The van der Waals surface area contributed by atoms with Gasteiger partial charge in [0.2, 0.25) is 0 Å². The quantitative estimate of drug-likeness (QED) is 0.906. The molecule has 0 aliphatic carbocycles. The number of amides is 1. The van der Waals surface area contributed by atoms with Crippen LogP contribution < -0.4 is 4.90 Å². The minimum Gasteiger partial charge on any atom is -0.504 e. The number of aryl methyl sites for hydroxylation is 1. The number of hydrogen-bond donors (Lipinski definition) is 1. The van der Waals surface area contributed by atoms with Crippen molar-refractivity contribution in [3.63, 3.8) is 0 Å².